The lowest BCUT2D eigenvalue weighted by molar-refractivity contribution is 0.102. The van der Waals surface area contributed by atoms with Gasteiger partial charge < -0.3 is 5.32 Å². The van der Waals surface area contributed by atoms with Gasteiger partial charge in [0, 0.05) is 17.2 Å². The predicted octanol–water partition coefficient (Wildman–Crippen LogP) is 5.11. The number of carbonyl (C=O) groups excluding carboxylic acids is 1. The number of amides is 1. The molecule has 0 atom stereocenters. The summed E-state index contributed by atoms with van der Waals surface area (Å²) in [5, 5.41) is 8.15. The van der Waals surface area contributed by atoms with Gasteiger partial charge in [0.15, 0.2) is 0 Å². The van der Waals surface area contributed by atoms with E-state index in [1.165, 1.54) is 30.2 Å². The van der Waals surface area contributed by atoms with Gasteiger partial charge >= 0.3 is 0 Å². The molecule has 1 N–H and O–H groups in total. The van der Waals surface area contributed by atoms with Crippen molar-refractivity contribution < 1.29 is 4.79 Å². The van der Waals surface area contributed by atoms with Gasteiger partial charge in [0.05, 0.1) is 17.8 Å². The van der Waals surface area contributed by atoms with Crippen LogP contribution in [0.25, 0.3) is 0 Å². The Labute approximate surface area is 163 Å². The van der Waals surface area contributed by atoms with Gasteiger partial charge in [-0.1, -0.05) is 42.3 Å². The van der Waals surface area contributed by atoms with Crippen molar-refractivity contribution in [3.05, 3.63) is 66.0 Å². The van der Waals surface area contributed by atoms with Crippen molar-refractivity contribution in [3.8, 4) is 0 Å². The summed E-state index contributed by atoms with van der Waals surface area (Å²) >= 11 is 1.50. The van der Waals surface area contributed by atoms with E-state index in [4.69, 9.17) is 0 Å². The first-order chi connectivity index (χ1) is 13.2. The van der Waals surface area contributed by atoms with E-state index < -0.39 is 0 Å². The molecule has 6 heteroatoms. The Balaban J connectivity index is 1.54. The zero-order valence-corrected chi connectivity index (χ0v) is 16.1. The number of carbonyl (C=O) groups is 1. The molecule has 1 aliphatic carbocycles. The lowest BCUT2D eigenvalue weighted by Gasteiger charge is -2.15. The summed E-state index contributed by atoms with van der Waals surface area (Å²) in [7, 11) is 0. The molecule has 0 saturated heterocycles. The molecule has 4 rings (SSSR count). The molecular weight excluding hydrogens is 356 g/mol. The highest BCUT2D eigenvalue weighted by Crippen LogP contribution is 2.32. The van der Waals surface area contributed by atoms with E-state index in [0.717, 1.165) is 23.6 Å². The van der Waals surface area contributed by atoms with Gasteiger partial charge in [-0.25, -0.2) is 9.67 Å². The number of rotatable bonds is 5. The summed E-state index contributed by atoms with van der Waals surface area (Å²) in [6, 6.07) is 14.1. The zero-order chi connectivity index (χ0) is 18.6. The molecular formula is C21H22N4OS. The Bertz CT molecular complexity index is 929. The fourth-order valence-corrected chi connectivity index (χ4v) is 4.28. The van der Waals surface area contributed by atoms with E-state index in [1.54, 1.807) is 18.5 Å². The molecule has 1 aliphatic rings. The number of hydrogen-bond acceptors (Lipinski definition) is 4. The molecule has 1 fully saturated rings. The molecule has 0 bridgehead atoms. The highest BCUT2D eigenvalue weighted by molar-refractivity contribution is 7.99. The van der Waals surface area contributed by atoms with Gasteiger partial charge in [0.2, 0.25) is 0 Å². The quantitative estimate of drug-likeness (QED) is 0.670. The number of nitrogens with one attached hydrogen (secondary N) is 1. The van der Waals surface area contributed by atoms with Crippen molar-refractivity contribution >= 4 is 23.5 Å². The van der Waals surface area contributed by atoms with Crippen molar-refractivity contribution in [1.82, 2.24) is 14.8 Å². The van der Waals surface area contributed by atoms with Crippen LogP contribution in [0.4, 0.5) is 5.82 Å². The molecule has 0 aliphatic heterocycles. The number of pyridine rings is 1. The third kappa shape index (κ3) is 4.06. The third-order valence-corrected chi connectivity index (χ3v) is 5.86. The maximum absolute atomic E-state index is 12.9. The van der Waals surface area contributed by atoms with Gasteiger partial charge in [-0.05, 0) is 44.0 Å². The fraction of sp³-hybridized carbons (Fsp3) is 0.286. The van der Waals surface area contributed by atoms with Crippen LogP contribution in [0.3, 0.4) is 0 Å². The number of anilines is 1. The molecule has 2 heterocycles. The second-order valence-corrected chi connectivity index (χ2v) is 7.89. The van der Waals surface area contributed by atoms with Crippen LogP contribution in [0.15, 0.2) is 64.8 Å². The molecule has 1 amide bonds. The molecule has 3 aromatic rings. The first-order valence-corrected chi connectivity index (χ1v) is 10.1. The molecule has 0 spiro atoms. The van der Waals surface area contributed by atoms with Gasteiger partial charge in [-0.15, -0.1) is 0 Å². The molecule has 138 valence electrons. The molecule has 1 saturated carbocycles. The van der Waals surface area contributed by atoms with Crippen LogP contribution in [-0.2, 0) is 0 Å². The van der Waals surface area contributed by atoms with Gasteiger partial charge in [-0.2, -0.15) is 5.10 Å². The average Bonchev–Trinajstić information content (AvgIpc) is 3.35. The average molecular weight is 379 g/mol. The van der Waals surface area contributed by atoms with E-state index in [2.05, 4.69) is 34.5 Å². The first-order valence-electron chi connectivity index (χ1n) is 9.25. The standard InChI is InChI=1S/C21H22N4OS/c1-15-8-10-17(11-9-15)27-21-18(7-4-13-22-21)20(26)24-19-12-14-23-25(19)16-5-2-3-6-16/h4,7-14,16H,2-3,5-6H2,1H3,(H,24,26). The molecule has 1 aromatic carbocycles. The summed E-state index contributed by atoms with van der Waals surface area (Å²) in [5.41, 5.74) is 1.78. The summed E-state index contributed by atoms with van der Waals surface area (Å²) in [6.07, 6.45) is 8.14. The summed E-state index contributed by atoms with van der Waals surface area (Å²) in [4.78, 5) is 18.4. The Kier molecular flexibility index (Phi) is 5.25. The molecule has 2 aromatic heterocycles. The largest absolute Gasteiger partial charge is 0.307 e. The lowest BCUT2D eigenvalue weighted by Crippen LogP contribution is -2.18. The van der Waals surface area contributed by atoms with Gasteiger partial charge in [-0.3, -0.25) is 4.79 Å². The molecule has 5 nitrogen and oxygen atoms in total. The molecule has 0 unspecified atom stereocenters. The zero-order valence-electron chi connectivity index (χ0n) is 15.3. The number of nitrogens with zero attached hydrogens (tertiary/aromatic N) is 3. The third-order valence-electron chi connectivity index (χ3n) is 4.83. The Morgan fingerprint density at radius 1 is 1.11 bits per heavy atom. The number of aryl methyl sites for hydroxylation is 1. The van der Waals surface area contributed by atoms with Crippen LogP contribution in [0, 0.1) is 6.92 Å². The number of hydrogen-bond donors (Lipinski definition) is 1. The van der Waals surface area contributed by atoms with Crippen LogP contribution in [-0.4, -0.2) is 20.7 Å². The van der Waals surface area contributed by atoms with Crippen molar-refractivity contribution in [2.75, 3.05) is 5.32 Å². The topological polar surface area (TPSA) is 59.8 Å². The Morgan fingerprint density at radius 3 is 2.67 bits per heavy atom. The van der Waals surface area contributed by atoms with Crippen LogP contribution in [0.5, 0.6) is 0 Å². The first kappa shape index (κ1) is 17.8. The van der Waals surface area contributed by atoms with Crippen LogP contribution in [0.1, 0.15) is 47.6 Å². The van der Waals surface area contributed by atoms with E-state index in [1.807, 2.05) is 28.9 Å². The van der Waals surface area contributed by atoms with Crippen molar-refractivity contribution in [2.24, 2.45) is 0 Å². The van der Waals surface area contributed by atoms with E-state index in [0.29, 0.717) is 16.6 Å². The van der Waals surface area contributed by atoms with Crippen LogP contribution < -0.4 is 5.32 Å². The summed E-state index contributed by atoms with van der Waals surface area (Å²) < 4.78 is 1.95. The highest BCUT2D eigenvalue weighted by atomic mass is 32.2. The smallest absolute Gasteiger partial charge is 0.259 e. The predicted molar refractivity (Wildman–Crippen MR) is 107 cm³/mol. The van der Waals surface area contributed by atoms with Crippen molar-refractivity contribution in [1.29, 1.82) is 0 Å². The van der Waals surface area contributed by atoms with Gasteiger partial charge in [0.1, 0.15) is 10.8 Å². The Hall–Kier alpha value is -2.60. The monoisotopic (exact) mass is 378 g/mol. The SMILES string of the molecule is Cc1ccc(Sc2ncccc2C(=O)Nc2ccnn2C2CCCC2)cc1. The summed E-state index contributed by atoms with van der Waals surface area (Å²) in [6.45, 7) is 2.06. The normalized spacial score (nSPS) is 14.4. The second kappa shape index (κ2) is 7.96. The minimum absolute atomic E-state index is 0.155. The second-order valence-electron chi connectivity index (χ2n) is 6.82. The summed E-state index contributed by atoms with van der Waals surface area (Å²) in [5.74, 6) is 0.597. The lowest BCUT2D eigenvalue weighted by atomic mass is 10.2. The number of benzene rings is 1. The van der Waals surface area contributed by atoms with E-state index >= 15 is 0 Å². The minimum Gasteiger partial charge on any atom is -0.307 e. The number of aromatic nitrogens is 3. The Morgan fingerprint density at radius 2 is 1.89 bits per heavy atom. The van der Waals surface area contributed by atoms with Crippen LogP contribution >= 0.6 is 11.8 Å². The highest BCUT2D eigenvalue weighted by Gasteiger charge is 2.21. The van der Waals surface area contributed by atoms with Gasteiger partial charge in [0.25, 0.3) is 5.91 Å². The molecule has 0 radical (unpaired) electrons. The van der Waals surface area contributed by atoms with Crippen molar-refractivity contribution in [2.45, 2.75) is 48.6 Å². The van der Waals surface area contributed by atoms with E-state index in [9.17, 15) is 4.79 Å². The minimum atomic E-state index is -0.155. The molecule has 27 heavy (non-hydrogen) atoms. The maximum Gasteiger partial charge on any atom is 0.259 e. The van der Waals surface area contributed by atoms with Crippen LogP contribution in [0.2, 0.25) is 0 Å². The fourth-order valence-electron chi connectivity index (χ4n) is 3.40. The van der Waals surface area contributed by atoms with E-state index in [-0.39, 0.29) is 5.91 Å². The van der Waals surface area contributed by atoms with Crippen molar-refractivity contribution in [3.63, 3.8) is 0 Å². The maximum atomic E-state index is 12.9.